The average molecular weight is 288 g/mol. The van der Waals surface area contributed by atoms with Crippen LogP contribution in [0.1, 0.15) is 18.4 Å². The van der Waals surface area contributed by atoms with Gasteiger partial charge in [-0.3, -0.25) is 9.59 Å². The Kier molecular flexibility index (Phi) is 3.25. The summed E-state index contributed by atoms with van der Waals surface area (Å²) in [6.45, 7) is 1.79. The molecule has 1 saturated carbocycles. The van der Waals surface area contributed by atoms with Crippen LogP contribution in [0.5, 0.6) is 0 Å². The van der Waals surface area contributed by atoms with Crippen LogP contribution in [0.2, 0.25) is 10.0 Å². The normalized spacial score (nSPS) is 16.2. The van der Waals surface area contributed by atoms with E-state index in [1.165, 1.54) is 6.07 Å². The van der Waals surface area contributed by atoms with Crippen LogP contribution in [0.4, 0.5) is 5.69 Å². The van der Waals surface area contributed by atoms with E-state index in [-0.39, 0.29) is 0 Å². The Labute approximate surface area is 114 Å². The van der Waals surface area contributed by atoms with E-state index < -0.39 is 17.3 Å². The van der Waals surface area contributed by atoms with Gasteiger partial charge in [-0.05, 0) is 37.5 Å². The highest BCUT2D eigenvalue weighted by Crippen LogP contribution is 2.47. The number of aryl methyl sites for hydroxylation is 1. The maximum absolute atomic E-state index is 11.9. The summed E-state index contributed by atoms with van der Waals surface area (Å²) in [6.07, 6.45) is 0.705. The van der Waals surface area contributed by atoms with Crippen LogP contribution in [0.15, 0.2) is 12.1 Å². The van der Waals surface area contributed by atoms with E-state index in [0.717, 1.165) is 5.56 Å². The number of halogens is 2. The van der Waals surface area contributed by atoms with Crippen LogP contribution in [0.3, 0.4) is 0 Å². The highest BCUT2D eigenvalue weighted by atomic mass is 35.5. The molecule has 0 aliphatic heterocycles. The van der Waals surface area contributed by atoms with Crippen LogP contribution in [-0.4, -0.2) is 17.0 Å². The number of benzene rings is 1. The summed E-state index contributed by atoms with van der Waals surface area (Å²) >= 11 is 11.9. The summed E-state index contributed by atoms with van der Waals surface area (Å²) in [5.41, 5.74) is -0.162. The van der Waals surface area contributed by atoms with Crippen molar-refractivity contribution in [2.75, 3.05) is 5.32 Å². The zero-order chi connectivity index (χ0) is 13.5. The number of hydrogen-bond acceptors (Lipinski definition) is 2. The van der Waals surface area contributed by atoms with Crippen molar-refractivity contribution in [3.05, 3.63) is 27.7 Å². The smallest absolute Gasteiger partial charge is 0.319 e. The molecule has 0 radical (unpaired) electrons. The molecule has 0 bridgehead atoms. The van der Waals surface area contributed by atoms with Crippen molar-refractivity contribution < 1.29 is 14.7 Å². The van der Waals surface area contributed by atoms with Gasteiger partial charge in [0.2, 0.25) is 5.91 Å². The van der Waals surface area contributed by atoms with Crippen LogP contribution < -0.4 is 5.32 Å². The van der Waals surface area contributed by atoms with E-state index in [1.54, 1.807) is 13.0 Å². The molecule has 0 heterocycles. The van der Waals surface area contributed by atoms with E-state index in [2.05, 4.69) is 5.32 Å². The molecule has 96 valence electrons. The lowest BCUT2D eigenvalue weighted by atomic mass is 10.1. The molecule has 1 aromatic carbocycles. The number of amides is 1. The van der Waals surface area contributed by atoms with Crippen LogP contribution in [0.25, 0.3) is 0 Å². The number of hydrogen-bond donors (Lipinski definition) is 2. The quantitative estimate of drug-likeness (QED) is 0.840. The molecule has 1 aliphatic rings. The molecule has 18 heavy (non-hydrogen) atoms. The first-order valence-electron chi connectivity index (χ1n) is 5.37. The monoisotopic (exact) mass is 287 g/mol. The summed E-state index contributed by atoms with van der Waals surface area (Å²) < 4.78 is 0. The Bertz CT molecular complexity index is 538. The molecule has 1 amide bonds. The molecule has 2 rings (SSSR count). The van der Waals surface area contributed by atoms with E-state index in [1.807, 2.05) is 0 Å². The number of rotatable bonds is 3. The van der Waals surface area contributed by atoms with E-state index >= 15 is 0 Å². The van der Waals surface area contributed by atoms with Gasteiger partial charge in [-0.25, -0.2) is 0 Å². The molecule has 0 unspecified atom stereocenters. The summed E-state index contributed by atoms with van der Waals surface area (Å²) in [5, 5.41) is 12.3. The van der Waals surface area contributed by atoms with Crippen molar-refractivity contribution >= 4 is 40.8 Å². The van der Waals surface area contributed by atoms with E-state index in [0.29, 0.717) is 28.6 Å². The van der Waals surface area contributed by atoms with Crippen LogP contribution >= 0.6 is 23.2 Å². The van der Waals surface area contributed by atoms with Gasteiger partial charge < -0.3 is 10.4 Å². The summed E-state index contributed by atoms with van der Waals surface area (Å²) in [6, 6.07) is 3.15. The first-order chi connectivity index (χ1) is 8.36. The minimum atomic E-state index is -1.29. The fourth-order valence-corrected chi connectivity index (χ4v) is 2.08. The van der Waals surface area contributed by atoms with Crippen molar-refractivity contribution in [2.45, 2.75) is 19.8 Å². The molecular formula is C12H11Cl2NO3. The molecule has 0 spiro atoms. The Balaban J connectivity index is 2.23. The molecule has 1 aromatic rings. The molecule has 6 heteroatoms. The third-order valence-electron chi connectivity index (χ3n) is 3.09. The van der Waals surface area contributed by atoms with Crippen molar-refractivity contribution in [1.29, 1.82) is 0 Å². The number of carbonyl (C=O) groups is 2. The van der Waals surface area contributed by atoms with Gasteiger partial charge in [-0.1, -0.05) is 23.2 Å². The molecule has 4 nitrogen and oxygen atoms in total. The van der Waals surface area contributed by atoms with Crippen molar-refractivity contribution in [1.82, 2.24) is 0 Å². The van der Waals surface area contributed by atoms with Gasteiger partial charge in [0.25, 0.3) is 0 Å². The van der Waals surface area contributed by atoms with Crippen LogP contribution in [0, 0.1) is 12.3 Å². The molecule has 2 N–H and O–H groups in total. The summed E-state index contributed by atoms with van der Waals surface area (Å²) in [7, 11) is 0. The number of carbonyl (C=O) groups excluding carboxylic acids is 1. The van der Waals surface area contributed by atoms with Gasteiger partial charge in [-0.2, -0.15) is 0 Å². The van der Waals surface area contributed by atoms with Gasteiger partial charge in [0, 0.05) is 5.02 Å². The highest BCUT2D eigenvalue weighted by Gasteiger charge is 2.57. The summed E-state index contributed by atoms with van der Waals surface area (Å²) in [5.74, 6) is -1.65. The fourth-order valence-electron chi connectivity index (χ4n) is 1.65. The lowest BCUT2D eigenvalue weighted by Crippen LogP contribution is -2.31. The Morgan fingerprint density at radius 2 is 1.89 bits per heavy atom. The molecule has 1 fully saturated rings. The number of nitrogens with one attached hydrogen (secondary N) is 1. The standard InChI is InChI=1S/C12H11Cl2NO3/c1-6-4-8(14)9(5-7(6)13)15-10(16)12(2-3-12)11(17)18/h4-5H,2-3H2,1H3,(H,15,16)(H,17,18). The largest absolute Gasteiger partial charge is 0.480 e. The fraction of sp³-hybridized carbons (Fsp3) is 0.333. The topological polar surface area (TPSA) is 66.4 Å². The van der Waals surface area contributed by atoms with E-state index in [4.69, 9.17) is 28.3 Å². The number of carboxylic acids is 1. The van der Waals surface area contributed by atoms with Crippen molar-refractivity contribution in [3.8, 4) is 0 Å². The second kappa shape index (κ2) is 4.44. The second-order valence-electron chi connectivity index (χ2n) is 4.42. The predicted octanol–water partition coefficient (Wildman–Crippen LogP) is 3.11. The lowest BCUT2D eigenvalue weighted by molar-refractivity contribution is -0.147. The van der Waals surface area contributed by atoms with Gasteiger partial charge >= 0.3 is 5.97 Å². The van der Waals surface area contributed by atoms with Gasteiger partial charge in [0.15, 0.2) is 0 Å². The molecule has 1 aliphatic carbocycles. The lowest BCUT2D eigenvalue weighted by Gasteiger charge is -2.13. The predicted molar refractivity (Wildman–Crippen MR) is 69.1 cm³/mol. The molecule has 0 atom stereocenters. The van der Waals surface area contributed by atoms with Crippen molar-refractivity contribution in [2.24, 2.45) is 5.41 Å². The van der Waals surface area contributed by atoms with Gasteiger partial charge in [0.1, 0.15) is 5.41 Å². The Hall–Kier alpha value is -1.26. The third-order valence-corrected chi connectivity index (χ3v) is 3.81. The maximum atomic E-state index is 11.9. The minimum absolute atomic E-state index is 0.338. The minimum Gasteiger partial charge on any atom is -0.480 e. The SMILES string of the molecule is Cc1cc(Cl)c(NC(=O)C2(C(=O)O)CC2)cc1Cl. The second-order valence-corrected chi connectivity index (χ2v) is 5.24. The molecule has 0 aromatic heterocycles. The number of carboxylic acid groups (broad SMARTS) is 1. The molecule has 0 saturated heterocycles. The van der Waals surface area contributed by atoms with E-state index in [9.17, 15) is 9.59 Å². The summed E-state index contributed by atoms with van der Waals surface area (Å²) in [4.78, 5) is 22.9. The maximum Gasteiger partial charge on any atom is 0.319 e. The van der Waals surface area contributed by atoms with Crippen molar-refractivity contribution in [3.63, 3.8) is 0 Å². The Morgan fingerprint density at radius 1 is 1.28 bits per heavy atom. The zero-order valence-electron chi connectivity index (χ0n) is 9.59. The number of anilines is 1. The van der Waals surface area contributed by atoms with Crippen LogP contribution in [-0.2, 0) is 9.59 Å². The van der Waals surface area contributed by atoms with Gasteiger partial charge in [-0.15, -0.1) is 0 Å². The molecular weight excluding hydrogens is 277 g/mol. The first-order valence-corrected chi connectivity index (χ1v) is 6.13. The van der Waals surface area contributed by atoms with Gasteiger partial charge in [0.05, 0.1) is 10.7 Å². The number of aliphatic carboxylic acids is 1. The zero-order valence-corrected chi connectivity index (χ0v) is 11.1. The first kappa shape index (κ1) is 13.2. The highest BCUT2D eigenvalue weighted by molar-refractivity contribution is 6.36. The Morgan fingerprint density at radius 3 is 2.39 bits per heavy atom. The third kappa shape index (κ3) is 2.18. The average Bonchev–Trinajstić information content (AvgIpc) is 3.06.